The molecule has 2 aromatic heterocycles. The van der Waals surface area contributed by atoms with Gasteiger partial charge in [-0.05, 0) is 56.4 Å². The van der Waals surface area contributed by atoms with Crippen molar-refractivity contribution >= 4 is 16.7 Å². The Morgan fingerprint density at radius 2 is 1.94 bits per heavy atom. The molecule has 180 valence electrons. The summed E-state index contributed by atoms with van der Waals surface area (Å²) in [6.45, 7) is 3.43. The summed E-state index contributed by atoms with van der Waals surface area (Å²) in [6, 6.07) is 11.8. The summed E-state index contributed by atoms with van der Waals surface area (Å²) in [6.07, 6.45) is 2.88. The maximum absolute atomic E-state index is 14.9. The minimum Gasteiger partial charge on any atom is -0.361 e. The predicted octanol–water partition coefficient (Wildman–Crippen LogP) is 5.20. The van der Waals surface area contributed by atoms with Crippen LogP contribution in [0.3, 0.4) is 0 Å². The number of amides is 1. The predicted molar refractivity (Wildman–Crippen MR) is 127 cm³/mol. The lowest BCUT2D eigenvalue weighted by Gasteiger charge is -2.35. The van der Waals surface area contributed by atoms with E-state index < -0.39 is 23.3 Å². The van der Waals surface area contributed by atoms with Gasteiger partial charge in [-0.1, -0.05) is 35.8 Å². The normalized spacial score (nSPS) is 14.6. The molecule has 5 rings (SSSR count). The quantitative estimate of drug-likeness (QED) is 0.414. The van der Waals surface area contributed by atoms with Gasteiger partial charge >= 0.3 is 0 Å². The molecule has 0 spiro atoms. The molecule has 0 radical (unpaired) electrons. The number of carbonyl (C=O) groups is 1. The van der Waals surface area contributed by atoms with E-state index in [1.165, 1.54) is 28.8 Å². The molecule has 1 aliphatic rings. The Kier molecular flexibility index (Phi) is 5.96. The van der Waals surface area contributed by atoms with Crippen LogP contribution in [0.25, 0.3) is 10.8 Å². The largest absolute Gasteiger partial charge is 0.361 e. The third-order valence-electron chi connectivity index (χ3n) is 6.85. The first-order chi connectivity index (χ1) is 16.8. The van der Waals surface area contributed by atoms with Crippen LogP contribution in [-0.2, 0) is 6.54 Å². The van der Waals surface area contributed by atoms with Gasteiger partial charge in [0.05, 0.1) is 23.5 Å². The van der Waals surface area contributed by atoms with Crippen LogP contribution < -0.4 is 10.9 Å². The van der Waals surface area contributed by atoms with E-state index in [9.17, 15) is 18.4 Å². The lowest BCUT2D eigenvalue weighted by Crippen LogP contribution is -2.38. The van der Waals surface area contributed by atoms with E-state index in [1.807, 2.05) is 0 Å². The van der Waals surface area contributed by atoms with Crippen molar-refractivity contribution < 1.29 is 18.1 Å². The molecular formula is C27H25F2N3O3. The first-order valence-corrected chi connectivity index (χ1v) is 11.6. The van der Waals surface area contributed by atoms with Gasteiger partial charge < -0.3 is 14.4 Å². The molecule has 1 N–H and O–H groups in total. The van der Waals surface area contributed by atoms with Crippen LogP contribution >= 0.6 is 0 Å². The van der Waals surface area contributed by atoms with E-state index in [2.05, 4.69) is 10.5 Å². The molecule has 0 unspecified atom stereocenters. The third-order valence-corrected chi connectivity index (χ3v) is 6.85. The first-order valence-electron chi connectivity index (χ1n) is 11.6. The van der Waals surface area contributed by atoms with Crippen molar-refractivity contribution in [2.45, 2.75) is 45.7 Å². The van der Waals surface area contributed by atoms with Crippen molar-refractivity contribution in [3.8, 4) is 0 Å². The van der Waals surface area contributed by atoms with E-state index in [0.717, 1.165) is 19.3 Å². The van der Waals surface area contributed by atoms with Crippen LogP contribution in [-0.4, -0.2) is 15.6 Å². The molecule has 2 aromatic carbocycles. The molecule has 8 heteroatoms. The van der Waals surface area contributed by atoms with Crippen LogP contribution in [0, 0.1) is 31.4 Å². The molecule has 6 nitrogen and oxygen atoms in total. The second kappa shape index (κ2) is 9.09. The monoisotopic (exact) mass is 477 g/mol. The van der Waals surface area contributed by atoms with E-state index in [4.69, 9.17) is 4.52 Å². The second-order valence-corrected chi connectivity index (χ2v) is 9.14. The average molecular weight is 478 g/mol. The van der Waals surface area contributed by atoms with Crippen molar-refractivity contribution in [1.29, 1.82) is 0 Å². The summed E-state index contributed by atoms with van der Waals surface area (Å²) < 4.78 is 35.3. The number of rotatable bonds is 6. The number of fused-ring (bicyclic) bond motifs is 1. The standard InChI is InChI=1S/C27H25F2N3O3/c1-15-12-20(31-35-15)14-32-16(2)23(21-10-5-11-22(29)24(21)27(32)34)26(33)30-25(17-6-3-7-17)18-8-4-9-19(28)13-18/h4-5,8-13,17,25H,3,6-7,14H2,1-2H3,(H,30,33)/t25-/m0/s1. The van der Waals surface area contributed by atoms with Gasteiger partial charge in [0.25, 0.3) is 11.5 Å². The Bertz CT molecular complexity index is 1490. The van der Waals surface area contributed by atoms with Crippen molar-refractivity contribution in [3.05, 3.63) is 98.8 Å². The van der Waals surface area contributed by atoms with Crippen LogP contribution in [0.15, 0.2) is 57.8 Å². The Hall–Kier alpha value is -3.81. The number of nitrogens with one attached hydrogen (secondary N) is 1. The van der Waals surface area contributed by atoms with Gasteiger partial charge in [0, 0.05) is 17.1 Å². The molecule has 0 bridgehead atoms. The first kappa shape index (κ1) is 23.0. The Labute approximate surface area is 200 Å². The zero-order chi connectivity index (χ0) is 24.7. The van der Waals surface area contributed by atoms with Crippen molar-refractivity contribution in [1.82, 2.24) is 15.0 Å². The zero-order valence-electron chi connectivity index (χ0n) is 19.5. The Balaban J connectivity index is 1.62. The number of pyridine rings is 1. The topological polar surface area (TPSA) is 77.1 Å². The summed E-state index contributed by atoms with van der Waals surface area (Å²) in [5.41, 5.74) is 1.22. The highest BCUT2D eigenvalue weighted by atomic mass is 19.1. The average Bonchev–Trinajstić information content (AvgIpc) is 3.19. The second-order valence-electron chi connectivity index (χ2n) is 9.14. The number of aryl methyl sites for hydroxylation is 1. The van der Waals surface area contributed by atoms with Gasteiger partial charge in [0.15, 0.2) is 0 Å². The summed E-state index contributed by atoms with van der Waals surface area (Å²) in [4.78, 5) is 27.0. The summed E-state index contributed by atoms with van der Waals surface area (Å²) in [7, 11) is 0. The fraction of sp³-hybridized carbons (Fsp3) is 0.296. The molecule has 1 amide bonds. The zero-order valence-corrected chi connectivity index (χ0v) is 19.5. The van der Waals surface area contributed by atoms with Gasteiger partial charge in [-0.3, -0.25) is 9.59 Å². The molecule has 1 aliphatic carbocycles. The van der Waals surface area contributed by atoms with Gasteiger partial charge in [-0.25, -0.2) is 8.78 Å². The summed E-state index contributed by atoms with van der Waals surface area (Å²) >= 11 is 0. The molecule has 35 heavy (non-hydrogen) atoms. The van der Waals surface area contributed by atoms with Crippen molar-refractivity contribution in [2.24, 2.45) is 5.92 Å². The minimum absolute atomic E-state index is 0.0303. The molecule has 1 atom stereocenters. The lowest BCUT2D eigenvalue weighted by molar-refractivity contribution is 0.0900. The molecule has 4 aromatic rings. The van der Waals surface area contributed by atoms with E-state index in [1.54, 1.807) is 38.1 Å². The van der Waals surface area contributed by atoms with Gasteiger partial charge in [0.1, 0.15) is 23.1 Å². The van der Waals surface area contributed by atoms with E-state index >= 15 is 0 Å². The highest BCUT2D eigenvalue weighted by Gasteiger charge is 2.32. The Morgan fingerprint density at radius 3 is 2.60 bits per heavy atom. The van der Waals surface area contributed by atoms with Crippen LogP contribution in [0.2, 0.25) is 0 Å². The van der Waals surface area contributed by atoms with Gasteiger partial charge in [0.2, 0.25) is 0 Å². The molecular weight excluding hydrogens is 452 g/mol. The highest BCUT2D eigenvalue weighted by molar-refractivity contribution is 6.08. The lowest BCUT2D eigenvalue weighted by atomic mass is 9.77. The van der Waals surface area contributed by atoms with Crippen LogP contribution in [0.4, 0.5) is 8.78 Å². The molecule has 0 saturated heterocycles. The number of aromatic nitrogens is 2. The van der Waals surface area contributed by atoms with Crippen LogP contribution in [0.1, 0.15) is 58.4 Å². The summed E-state index contributed by atoms with van der Waals surface area (Å²) in [5, 5.41) is 7.09. The number of nitrogens with zero attached hydrogens (tertiary/aromatic N) is 2. The fourth-order valence-corrected chi connectivity index (χ4v) is 4.86. The van der Waals surface area contributed by atoms with E-state index in [-0.39, 0.29) is 34.6 Å². The maximum Gasteiger partial charge on any atom is 0.262 e. The Morgan fingerprint density at radius 1 is 1.17 bits per heavy atom. The minimum atomic E-state index is -0.702. The molecule has 1 fully saturated rings. The SMILES string of the molecule is Cc1cc(Cn2c(C)c(C(=O)N[C@H](c3cccc(F)c3)C3CCC3)c3cccc(F)c3c2=O)no1. The number of carbonyl (C=O) groups excluding carboxylic acids is 1. The highest BCUT2D eigenvalue weighted by Crippen LogP contribution is 2.38. The number of hydrogen-bond acceptors (Lipinski definition) is 4. The number of hydrogen-bond donors (Lipinski definition) is 1. The summed E-state index contributed by atoms with van der Waals surface area (Å²) in [5.74, 6) is -0.764. The molecule has 0 aliphatic heterocycles. The molecule has 1 saturated carbocycles. The van der Waals surface area contributed by atoms with Crippen LogP contribution in [0.5, 0.6) is 0 Å². The number of halogens is 2. The fourth-order valence-electron chi connectivity index (χ4n) is 4.86. The molecule has 2 heterocycles. The van der Waals surface area contributed by atoms with Crippen molar-refractivity contribution in [2.75, 3.05) is 0 Å². The smallest absolute Gasteiger partial charge is 0.262 e. The third kappa shape index (κ3) is 4.24. The van der Waals surface area contributed by atoms with Gasteiger partial charge in [-0.2, -0.15) is 0 Å². The number of benzene rings is 2. The van der Waals surface area contributed by atoms with E-state index in [0.29, 0.717) is 22.7 Å². The maximum atomic E-state index is 14.9. The van der Waals surface area contributed by atoms with Gasteiger partial charge in [-0.15, -0.1) is 0 Å². The van der Waals surface area contributed by atoms with Crippen molar-refractivity contribution in [3.63, 3.8) is 0 Å².